The number of ether oxygens (including phenoxy) is 3. The number of aromatic nitrogens is 2. The van der Waals surface area contributed by atoms with Crippen LogP contribution in [0.5, 0.6) is 11.5 Å². The van der Waals surface area contributed by atoms with Crippen LogP contribution in [0.25, 0.3) is 22.3 Å². The zero-order valence-corrected chi connectivity index (χ0v) is 22.6. The van der Waals surface area contributed by atoms with Gasteiger partial charge in [-0.05, 0) is 55.0 Å². The topological polar surface area (TPSA) is 95.2 Å². The number of hydrogen-bond acceptors (Lipinski definition) is 7. The van der Waals surface area contributed by atoms with Gasteiger partial charge in [-0.15, -0.1) is 0 Å². The maximum Gasteiger partial charge on any atom is 0.416 e. The highest BCUT2D eigenvalue weighted by atomic mass is 19.4. The van der Waals surface area contributed by atoms with Crippen LogP contribution < -0.4 is 15.0 Å². The molecule has 218 valence electrons. The molecule has 1 aromatic heterocycles. The van der Waals surface area contributed by atoms with Gasteiger partial charge in [-0.25, -0.2) is 4.98 Å². The number of carbonyl (C=O) groups is 1. The molecule has 0 spiro atoms. The Bertz CT molecular complexity index is 1680. The van der Waals surface area contributed by atoms with Crippen LogP contribution >= 0.6 is 0 Å². The van der Waals surface area contributed by atoms with E-state index in [1.165, 1.54) is 18.3 Å². The highest BCUT2D eigenvalue weighted by molar-refractivity contribution is 5.83. The molecule has 12 heteroatoms. The van der Waals surface area contributed by atoms with E-state index >= 15 is 0 Å². The van der Waals surface area contributed by atoms with Gasteiger partial charge in [0.05, 0.1) is 42.5 Å². The highest BCUT2D eigenvalue weighted by Gasteiger charge is 2.31. The molecule has 0 saturated carbocycles. The van der Waals surface area contributed by atoms with Gasteiger partial charge in [0.1, 0.15) is 0 Å². The number of morpholine rings is 1. The van der Waals surface area contributed by atoms with E-state index in [1.807, 2.05) is 0 Å². The van der Waals surface area contributed by atoms with Crippen LogP contribution in [0.2, 0.25) is 0 Å². The largest absolute Gasteiger partial charge is 0.490 e. The molecule has 0 aliphatic carbocycles. The summed E-state index contributed by atoms with van der Waals surface area (Å²) >= 11 is 0. The Kier molecular flexibility index (Phi) is 8.53. The second kappa shape index (κ2) is 12.4. The third-order valence-electron chi connectivity index (χ3n) is 6.51. The van der Waals surface area contributed by atoms with Gasteiger partial charge in [-0.2, -0.15) is 22.9 Å². The number of rotatable bonds is 8. The van der Waals surface area contributed by atoms with E-state index in [4.69, 9.17) is 14.2 Å². The fourth-order valence-electron chi connectivity index (χ4n) is 4.41. The third-order valence-corrected chi connectivity index (χ3v) is 6.51. The van der Waals surface area contributed by atoms with E-state index in [0.29, 0.717) is 55.5 Å². The molecule has 4 aromatic rings. The molecule has 42 heavy (non-hydrogen) atoms. The van der Waals surface area contributed by atoms with Gasteiger partial charge in [0.2, 0.25) is 0 Å². The summed E-state index contributed by atoms with van der Waals surface area (Å²) in [5, 5.41) is 4.59. The number of para-hydroxylation sites is 1. The van der Waals surface area contributed by atoms with Crippen LogP contribution in [-0.4, -0.2) is 66.2 Å². The van der Waals surface area contributed by atoms with Crippen molar-refractivity contribution in [2.24, 2.45) is 5.10 Å². The average Bonchev–Trinajstić information content (AvgIpc) is 3.00. The van der Waals surface area contributed by atoms with Gasteiger partial charge in [-0.3, -0.25) is 9.59 Å². The minimum absolute atomic E-state index is 0.0485. The van der Waals surface area contributed by atoms with Crippen LogP contribution in [-0.2, 0) is 15.7 Å². The Morgan fingerprint density at radius 3 is 2.57 bits per heavy atom. The van der Waals surface area contributed by atoms with E-state index in [9.17, 15) is 22.8 Å². The minimum Gasteiger partial charge on any atom is -0.490 e. The van der Waals surface area contributed by atoms with Crippen molar-refractivity contribution < 1.29 is 32.2 Å². The molecule has 1 amide bonds. The molecule has 3 aromatic carbocycles. The van der Waals surface area contributed by atoms with Crippen LogP contribution in [0, 0.1) is 0 Å². The van der Waals surface area contributed by atoms with E-state index in [2.05, 4.69) is 10.1 Å². The van der Waals surface area contributed by atoms with Crippen molar-refractivity contribution in [3.05, 3.63) is 88.2 Å². The molecule has 0 radical (unpaired) electrons. The molecule has 1 aliphatic rings. The monoisotopic (exact) mass is 580 g/mol. The number of benzene rings is 3. The number of carbonyl (C=O) groups excluding carboxylic acids is 1. The lowest BCUT2D eigenvalue weighted by atomic mass is 10.1. The lowest BCUT2D eigenvalue weighted by molar-refractivity contribution is -0.138. The Morgan fingerprint density at radius 1 is 1.02 bits per heavy atom. The number of amides is 1. The van der Waals surface area contributed by atoms with Crippen LogP contribution in [0.3, 0.4) is 0 Å². The minimum atomic E-state index is -4.58. The van der Waals surface area contributed by atoms with Gasteiger partial charge in [0, 0.05) is 18.7 Å². The van der Waals surface area contributed by atoms with E-state index < -0.39 is 17.3 Å². The SMILES string of the molecule is CCOc1cc(C=Nn2c(-c3cccc(C(F)(F)F)c3)nc3ccccc3c2=O)ccc1OCC(=O)N1CCOCC1. The second-order valence-electron chi connectivity index (χ2n) is 9.31. The fourth-order valence-corrected chi connectivity index (χ4v) is 4.41. The van der Waals surface area contributed by atoms with Gasteiger partial charge in [0.15, 0.2) is 23.9 Å². The summed E-state index contributed by atoms with van der Waals surface area (Å²) in [4.78, 5) is 32.1. The molecule has 9 nitrogen and oxygen atoms in total. The Hall–Kier alpha value is -4.71. The molecule has 0 atom stereocenters. The molecule has 5 rings (SSSR count). The zero-order valence-electron chi connectivity index (χ0n) is 22.6. The summed E-state index contributed by atoms with van der Waals surface area (Å²) in [5.74, 6) is 0.493. The lowest BCUT2D eigenvalue weighted by Gasteiger charge is -2.26. The van der Waals surface area contributed by atoms with Crippen molar-refractivity contribution in [1.82, 2.24) is 14.6 Å². The van der Waals surface area contributed by atoms with Gasteiger partial charge >= 0.3 is 6.18 Å². The molecule has 0 bridgehead atoms. The molecule has 2 heterocycles. The van der Waals surface area contributed by atoms with Crippen molar-refractivity contribution in [1.29, 1.82) is 0 Å². The molecule has 1 saturated heterocycles. The summed E-state index contributed by atoms with van der Waals surface area (Å²) in [6, 6.07) is 16.0. The Labute approximate surface area is 238 Å². The van der Waals surface area contributed by atoms with E-state index in [1.54, 1.807) is 54.3 Å². The van der Waals surface area contributed by atoms with Crippen molar-refractivity contribution in [2.45, 2.75) is 13.1 Å². The predicted molar refractivity (Wildman–Crippen MR) is 150 cm³/mol. The predicted octanol–water partition coefficient (Wildman–Crippen LogP) is 4.60. The smallest absolute Gasteiger partial charge is 0.416 e. The van der Waals surface area contributed by atoms with Crippen molar-refractivity contribution in [3.8, 4) is 22.9 Å². The summed E-state index contributed by atoms with van der Waals surface area (Å²) in [7, 11) is 0. The fraction of sp³-hybridized carbons (Fsp3) is 0.267. The molecular formula is C30H27F3N4O5. The summed E-state index contributed by atoms with van der Waals surface area (Å²) < 4.78 is 58.0. The third kappa shape index (κ3) is 6.44. The summed E-state index contributed by atoms with van der Waals surface area (Å²) in [6.07, 6.45) is -3.20. The lowest BCUT2D eigenvalue weighted by Crippen LogP contribution is -2.43. The number of hydrogen-bond donors (Lipinski definition) is 0. The zero-order chi connectivity index (χ0) is 29.7. The molecule has 0 unspecified atom stereocenters. The summed E-state index contributed by atoms with van der Waals surface area (Å²) in [6.45, 7) is 3.91. The maximum absolute atomic E-state index is 13.4. The highest BCUT2D eigenvalue weighted by Crippen LogP contribution is 2.32. The van der Waals surface area contributed by atoms with Gasteiger partial charge in [0.25, 0.3) is 11.5 Å². The molecule has 1 fully saturated rings. The second-order valence-corrected chi connectivity index (χ2v) is 9.31. The first kappa shape index (κ1) is 28.8. The van der Waals surface area contributed by atoms with Crippen LogP contribution in [0.1, 0.15) is 18.1 Å². The number of halogens is 3. The first-order valence-corrected chi connectivity index (χ1v) is 13.2. The summed E-state index contributed by atoms with van der Waals surface area (Å²) in [5.41, 5.74) is -0.500. The molecule has 0 N–H and O–H groups in total. The quantitative estimate of drug-likeness (QED) is 0.283. The number of alkyl halides is 3. The Balaban J connectivity index is 1.48. The van der Waals surface area contributed by atoms with Gasteiger partial charge in [-0.1, -0.05) is 24.3 Å². The van der Waals surface area contributed by atoms with Crippen molar-refractivity contribution in [2.75, 3.05) is 39.5 Å². The first-order chi connectivity index (χ1) is 20.2. The van der Waals surface area contributed by atoms with Crippen LogP contribution in [0.15, 0.2) is 76.6 Å². The van der Waals surface area contributed by atoms with Crippen molar-refractivity contribution in [3.63, 3.8) is 0 Å². The Morgan fingerprint density at radius 2 is 1.81 bits per heavy atom. The standard InChI is InChI=1S/C30H27F3N4O5/c1-2-41-26-16-20(10-11-25(26)42-19-27(38)36-12-14-40-15-13-36)18-34-37-28(21-6-5-7-22(17-21)30(31,32)33)35-24-9-4-3-8-23(24)29(37)39/h3-11,16-18H,2,12-15,19H2,1H3. The first-order valence-electron chi connectivity index (χ1n) is 13.2. The van der Waals surface area contributed by atoms with Crippen LogP contribution in [0.4, 0.5) is 13.2 Å². The average molecular weight is 581 g/mol. The molecular weight excluding hydrogens is 553 g/mol. The van der Waals surface area contributed by atoms with Gasteiger partial charge < -0.3 is 19.1 Å². The van der Waals surface area contributed by atoms with E-state index in [-0.39, 0.29) is 29.3 Å². The van der Waals surface area contributed by atoms with Crippen molar-refractivity contribution >= 4 is 23.0 Å². The number of fused-ring (bicyclic) bond motifs is 1. The normalized spacial score (nSPS) is 14.0. The number of nitrogens with zero attached hydrogens (tertiary/aromatic N) is 4. The molecule has 1 aliphatic heterocycles. The van der Waals surface area contributed by atoms with E-state index in [0.717, 1.165) is 16.8 Å². The maximum atomic E-state index is 13.4.